The molecule has 3 aliphatic rings. The highest BCUT2D eigenvalue weighted by atomic mass is 16.7. The maximum absolute atomic E-state index is 12.8. The minimum Gasteiger partial charge on any atom is -0.466 e. The van der Waals surface area contributed by atoms with Gasteiger partial charge in [-0.1, -0.05) is 12.7 Å². The first-order valence-corrected chi connectivity index (χ1v) is 10.5. The molecule has 0 aromatic carbocycles. The molecule has 2 fully saturated rings. The van der Waals surface area contributed by atoms with Crippen LogP contribution in [0.4, 0.5) is 0 Å². The minimum atomic E-state index is -1.51. The van der Waals surface area contributed by atoms with Gasteiger partial charge in [-0.15, -0.1) is 0 Å². The molecule has 180 valence electrons. The summed E-state index contributed by atoms with van der Waals surface area (Å²) in [7, 11) is 1.12. The van der Waals surface area contributed by atoms with Gasteiger partial charge >= 0.3 is 23.9 Å². The van der Waals surface area contributed by atoms with Crippen molar-refractivity contribution in [3.05, 3.63) is 35.5 Å². The van der Waals surface area contributed by atoms with Crippen molar-refractivity contribution in [3.63, 3.8) is 0 Å². The van der Waals surface area contributed by atoms with Crippen molar-refractivity contribution in [2.24, 2.45) is 5.92 Å². The number of epoxide rings is 1. The van der Waals surface area contributed by atoms with E-state index in [4.69, 9.17) is 23.7 Å². The fourth-order valence-corrected chi connectivity index (χ4v) is 4.30. The van der Waals surface area contributed by atoms with Crippen molar-refractivity contribution in [1.82, 2.24) is 0 Å². The third-order valence-electron chi connectivity index (χ3n) is 6.16. The Kier molecular flexibility index (Phi) is 6.80. The van der Waals surface area contributed by atoms with Crippen LogP contribution in [0.3, 0.4) is 0 Å². The van der Waals surface area contributed by atoms with Crippen LogP contribution in [0.5, 0.6) is 0 Å². The molecule has 0 aromatic heterocycles. The van der Waals surface area contributed by atoms with Crippen LogP contribution in [-0.2, 0) is 42.9 Å². The molecule has 1 aliphatic carbocycles. The Balaban J connectivity index is 2.21. The van der Waals surface area contributed by atoms with Gasteiger partial charge in [0.15, 0.2) is 12.2 Å². The monoisotopic (exact) mass is 464 g/mol. The fourth-order valence-electron chi connectivity index (χ4n) is 4.30. The lowest BCUT2D eigenvalue weighted by atomic mass is 9.80. The Hall–Kier alpha value is -2.98. The van der Waals surface area contributed by atoms with E-state index in [0.717, 1.165) is 14.0 Å². The molecule has 7 unspecified atom stereocenters. The van der Waals surface area contributed by atoms with Gasteiger partial charge in [-0.2, -0.15) is 0 Å². The van der Waals surface area contributed by atoms with Gasteiger partial charge < -0.3 is 28.8 Å². The lowest BCUT2D eigenvalue weighted by molar-refractivity contribution is -0.168. The van der Waals surface area contributed by atoms with Crippen molar-refractivity contribution in [2.75, 3.05) is 7.11 Å². The summed E-state index contributed by atoms with van der Waals surface area (Å²) in [4.78, 5) is 50.0. The summed E-state index contributed by atoms with van der Waals surface area (Å²) in [6, 6.07) is 0. The van der Waals surface area contributed by atoms with E-state index in [9.17, 15) is 24.3 Å². The maximum Gasteiger partial charge on any atom is 0.337 e. The van der Waals surface area contributed by atoms with Crippen LogP contribution in [0.25, 0.3) is 0 Å². The van der Waals surface area contributed by atoms with E-state index >= 15 is 0 Å². The highest BCUT2D eigenvalue weighted by Gasteiger charge is 2.65. The van der Waals surface area contributed by atoms with Gasteiger partial charge in [-0.25, -0.2) is 14.4 Å². The van der Waals surface area contributed by atoms with Gasteiger partial charge in [0.05, 0.1) is 30.3 Å². The van der Waals surface area contributed by atoms with E-state index in [1.165, 1.54) is 19.1 Å². The number of aliphatic hydroxyl groups is 1. The summed E-state index contributed by atoms with van der Waals surface area (Å²) < 4.78 is 27.3. The van der Waals surface area contributed by atoms with Gasteiger partial charge in [0, 0.05) is 24.5 Å². The zero-order valence-electron chi connectivity index (χ0n) is 19.2. The van der Waals surface area contributed by atoms with E-state index in [1.54, 1.807) is 13.8 Å². The van der Waals surface area contributed by atoms with Crippen LogP contribution in [0.2, 0.25) is 0 Å². The van der Waals surface area contributed by atoms with Gasteiger partial charge in [0.25, 0.3) is 0 Å². The number of aliphatic hydroxyl groups excluding tert-OH is 1. The third kappa shape index (κ3) is 4.72. The number of methoxy groups -OCH3 is 1. The van der Waals surface area contributed by atoms with Crippen LogP contribution in [0.15, 0.2) is 35.5 Å². The SMILES string of the molecule is C=C1C(=O)OC2C1C(OC(=O)C(C)=CC)C(OC(C)=O)C(C(=O)OC)=CC(O)CC1(C)OC21. The lowest BCUT2D eigenvalue weighted by Gasteiger charge is -2.34. The second-order valence-electron chi connectivity index (χ2n) is 8.53. The molecule has 2 heterocycles. The Bertz CT molecular complexity index is 947. The predicted molar refractivity (Wildman–Crippen MR) is 111 cm³/mol. The lowest BCUT2D eigenvalue weighted by Crippen LogP contribution is -2.48. The van der Waals surface area contributed by atoms with Gasteiger partial charge in [0.2, 0.25) is 0 Å². The molecule has 1 N–H and O–H groups in total. The maximum atomic E-state index is 12.8. The summed E-state index contributed by atoms with van der Waals surface area (Å²) in [5.41, 5.74) is -0.884. The van der Waals surface area contributed by atoms with E-state index in [-0.39, 0.29) is 23.1 Å². The Morgan fingerprint density at radius 1 is 1.27 bits per heavy atom. The van der Waals surface area contributed by atoms with Crippen LogP contribution < -0.4 is 0 Å². The molecule has 0 aromatic rings. The number of carbonyl (C=O) groups is 4. The Morgan fingerprint density at radius 2 is 1.94 bits per heavy atom. The van der Waals surface area contributed by atoms with Crippen LogP contribution in [0, 0.1) is 5.92 Å². The average Bonchev–Trinajstić information content (AvgIpc) is 3.32. The average molecular weight is 464 g/mol. The Labute approximate surface area is 191 Å². The fraction of sp³-hybridized carbons (Fsp3) is 0.565. The molecule has 0 saturated carbocycles. The van der Waals surface area contributed by atoms with E-state index in [1.807, 2.05) is 0 Å². The molecule has 0 amide bonds. The molecule has 3 rings (SSSR count). The van der Waals surface area contributed by atoms with Gasteiger partial charge in [-0.3, -0.25) is 4.79 Å². The number of allylic oxidation sites excluding steroid dienone is 1. The zero-order chi connectivity index (χ0) is 24.7. The number of carbonyl (C=O) groups excluding carboxylic acids is 4. The molecule has 2 aliphatic heterocycles. The molecule has 33 heavy (non-hydrogen) atoms. The standard InChI is InChI=1S/C23H28O10/c1-7-10(2)20(26)31-17-15-11(3)21(27)32-18(15)19-23(5,33-19)9-13(25)8-14(22(28)29-6)16(17)30-12(4)24/h7-8,13,15-19,25H,3,9H2,1-2,4-6H3. The number of ether oxygens (including phenoxy) is 5. The first-order chi connectivity index (χ1) is 15.4. The number of hydrogen-bond donors (Lipinski definition) is 1. The summed E-state index contributed by atoms with van der Waals surface area (Å²) in [6.45, 7) is 9.80. The molecule has 0 spiro atoms. The summed E-state index contributed by atoms with van der Waals surface area (Å²) >= 11 is 0. The molecule has 2 saturated heterocycles. The van der Waals surface area contributed by atoms with Crippen molar-refractivity contribution in [1.29, 1.82) is 0 Å². The summed E-state index contributed by atoms with van der Waals surface area (Å²) in [5.74, 6) is -4.17. The first kappa shape index (κ1) is 24.7. The normalized spacial score (nSPS) is 35.9. The molecule has 10 heteroatoms. The largest absolute Gasteiger partial charge is 0.466 e. The second-order valence-corrected chi connectivity index (χ2v) is 8.53. The van der Waals surface area contributed by atoms with Crippen molar-refractivity contribution >= 4 is 23.9 Å². The topological polar surface area (TPSA) is 138 Å². The molecule has 0 radical (unpaired) electrons. The zero-order valence-corrected chi connectivity index (χ0v) is 19.2. The number of esters is 4. The first-order valence-electron chi connectivity index (χ1n) is 10.5. The summed E-state index contributed by atoms with van der Waals surface area (Å²) in [5, 5.41) is 10.7. The third-order valence-corrected chi connectivity index (χ3v) is 6.16. The summed E-state index contributed by atoms with van der Waals surface area (Å²) in [6.07, 6.45) is -2.90. The van der Waals surface area contributed by atoms with Crippen LogP contribution in [-0.4, -0.2) is 72.2 Å². The molecule has 10 nitrogen and oxygen atoms in total. The van der Waals surface area contributed by atoms with Crippen molar-refractivity contribution in [3.8, 4) is 0 Å². The highest BCUT2D eigenvalue weighted by Crippen LogP contribution is 2.50. The minimum absolute atomic E-state index is 0.0173. The molecule has 0 bridgehead atoms. The number of fused-ring (bicyclic) bond motifs is 3. The van der Waals surface area contributed by atoms with E-state index in [2.05, 4.69) is 6.58 Å². The number of rotatable bonds is 4. The van der Waals surface area contributed by atoms with E-state index in [0.29, 0.717) is 0 Å². The van der Waals surface area contributed by atoms with Crippen molar-refractivity contribution < 1.29 is 48.0 Å². The Morgan fingerprint density at radius 3 is 2.52 bits per heavy atom. The van der Waals surface area contributed by atoms with Crippen LogP contribution in [0.1, 0.15) is 34.1 Å². The molecular weight excluding hydrogens is 436 g/mol. The smallest absolute Gasteiger partial charge is 0.337 e. The van der Waals surface area contributed by atoms with E-state index < -0.39 is 65.9 Å². The second kappa shape index (κ2) is 9.11. The van der Waals surface area contributed by atoms with Crippen LogP contribution >= 0.6 is 0 Å². The van der Waals surface area contributed by atoms with Gasteiger partial charge in [-0.05, 0) is 26.8 Å². The van der Waals surface area contributed by atoms with Gasteiger partial charge in [0.1, 0.15) is 12.2 Å². The number of hydrogen-bond acceptors (Lipinski definition) is 10. The molecular formula is C23H28O10. The predicted octanol–water partition coefficient (Wildman–Crippen LogP) is 0.915. The quantitative estimate of drug-likeness (QED) is 0.277. The molecule has 7 atom stereocenters. The van der Waals surface area contributed by atoms with Crippen molar-refractivity contribution in [2.45, 2.75) is 70.2 Å². The highest BCUT2D eigenvalue weighted by molar-refractivity contribution is 5.93.